The van der Waals surface area contributed by atoms with E-state index in [9.17, 15) is 0 Å². The highest BCUT2D eigenvalue weighted by molar-refractivity contribution is 7.20. The number of fused-ring (bicyclic) bond motifs is 12. The van der Waals surface area contributed by atoms with Crippen molar-refractivity contribution in [3.8, 4) is 43.1 Å². The summed E-state index contributed by atoms with van der Waals surface area (Å²) in [4.78, 5) is 5.22. The van der Waals surface area contributed by atoms with Crippen LogP contribution in [0.4, 0.5) is 17.1 Å². The van der Waals surface area contributed by atoms with Gasteiger partial charge >= 0.3 is 0 Å². The van der Waals surface area contributed by atoms with E-state index in [-0.39, 0.29) is 5.41 Å². The van der Waals surface area contributed by atoms with Gasteiger partial charge in [0.05, 0.1) is 22.5 Å². The number of benzene rings is 7. The van der Waals surface area contributed by atoms with Crippen LogP contribution < -0.4 is 4.90 Å². The Morgan fingerprint density at radius 1 is 0.411 bits per heavy atom. The third-order valence-corrected chi connectivity index (χ3v) is 14.6. The molecule has 0 fully saturated rings. The zero-order chi connectivity index (χ0) is 38.1. The SMILES string of the molecule is Cc1cc2c(cc1C)C1(c3cc(C)c(C)cc3-2)c2ccccc2-c2sc(-c3ccccc3N3c4ccccc4C(C)(C)c4ccccc43)c(-c3ccccc3)c21. The van der Waals surface area contributed by atoms with Gasteiger partial charge in [-0.15, -0.1) is 11.3 Å². The molecule has 1 aromatic heterocycles. The minimum absolute atomic E-state index is 0.135. The van der Waals surface area contributed by atoms with Crippen LogP contribution in [-0.4, -0.2) is 0 Å². The molecule has 2 aliphatic carbocycles. The fourth-order valence-corrected chi connectivity index (χ4v) is 11.8. The molecule has 1 aliphatic heterocycles. The molecule has 1 nitrogen and oxygen atoms in total. The van der Waals surface area contributed by atoms with Crippen LogP contribution >= 0.6 is 11.3 Å². The first-order valence-corrected chi connectivity index (χ1v) is 20.7. The van der Waals surface area contributed by atoms with Gasteiger partial charge in [-0.2, -0.15) is 0 Å². The van der Waals surface area contributed by atoms with Gasteiger partial charge in [0.2, 0.25) is 0 Å². The molecule has 11 rings (SSSR count). The average molecular weight is 738 g/mol. The van der Waals surface area contributed by atoms with Crippen LogP contribution in [0, 0.1) is 27.7 Å². The molecule has 0 unspecified atom stereocenters. The highest BCUT2D eigenvalue weighted by Gasteiger charge is 2.55. The van der Waals surface area contributed by atoms with Crippen molar-refractivity contribution in [3.63, 3.8) is 0 Å². The fourth-order valence-electron chi connectivity index (χ4n) is 10.4. The number of hydrogen-bond donors (Lipinski definition) is 0. The quantitative estimate of drug-likeness (QED) is 0.175. The van der Waals surface area contributed by atoms with Crippen LogP contribution in [0.15, 0.2) is 152 Å². The molecule has 0 N–H and O–H groups in total. The van der Waals surface area contributed by atoms with Crippen molar-refractivity contribution in [3.05, 3.63) is 207 Å². The van der Waals surface area contributed by atoms with Gasteiger partial charge in [-0.05, 0) is 124 Å². The lowest BCUT2D eigenvalue weighted by Gasteiger charge is -2.42. The summed E-state index contributed by atoms with van der Waals surface area (Å²) in [7, 11) is 0. The summed E-state index contributed by atoms with van der Waals surface area (Å²) in [5.74, 6) is 0. The lowest BCUT2D eigenvalue weighted by molar-refractivity contribution is 0.632. The summed E-state index contributed by atoms with van der Waals surface area (Å²) >= 11 is 1.98. The molecule has 2 heteroatoms. The summed E-state index contributed by atoms with van der Waals surface area (Å²) in [6.45, 7) is 13.8. The molecule has 56 heavy (non-hydrogen) atoms. The van der Waals surface area contributed by atoms with Crippen molar-refractivity contribution in [2.75, 3.05) is 4.90 Å². The van der Waals surface area contributed by atoms with Gasteiger partial charge in [-0.25, -0.2) is 0 Å². The van der Waals surface area contributed by atoms with Crippen molar-refractivity contribution in [1.82, 2.24) is 0 Å². The summed E-state index contributed by atoms with van der Waals surface area (Å²) in [5, 5.41) is 0. The second-order valence-corrected chi connectivity index (χ2v) is 17.7. The molecular weight excluding hydrogens is 695 g/mol. The van der Waals surface area contributed by atoms with Gasteiger partial charge in [-0.1, -0.05) is 147 Å². The maximum atomic E-state index is 2.53. The van der Waals surface area contributed by atoms with E-state index in [2.05, 4.69) is 198 Å². The molecule has 0 amide bonds. The molecule has 0 bridgehead atoms. The number of anilines is 3. The lowest BCUT2D eigenvalue weighted by atomic mass is 9.68. The van der Waals surface area contributed by atoms with E-state index in [1.54, 1.807) is 0 Å². The normalized spacial score (nSPS) is 14.9. The van der Waals surface area contributed by atoms with E-state index in [1.165, 1.54) is 116 Å². The highest BCUT2D eigenvalue weighted by atomic mass is 32.1. The van der Waals surface area contributed by atoms with E-state index in [4.69, 9.17) is 0 Å². The molecule has 2 heterocycles. The number of aryl methyl sites for hydroxylation is 4. The van der Waals surface area contributed by atoms with Crippen molar-refractivity contribution in [2.45, 2.75) is 52.4 Å². The van der Waals surface area contributed by atoms with Gasteiger partial charge in [0.1, 0.15) is 0 Å². The monoisotopic (exact) mass is 737 g/mol. The van der Waals surface area contributed by atoms with E-state index in [0.717, 1.165) is 0 Å². The largest absolute Gasteiger partial charge is 0.309 e. The van der Waals surface area contributed by atoms with Crippen molar-refractivity contribution < 1.29 is 0 Å². The molecule has 8 aromatic rings. The number of rotatable bonds is 3. The van der Waals surface area contributed by atoms with Gasteiger partial charge in [0.15, 0.2) is 0 Å². The minimum atomic E-state index is -0.462. The fraction of sp³-hybridized carbons (Fsp3) is 0.148. The van der Waals surface area contributed by atoms with Crippen LogP contribution in [0.3, 0.4) is 0 Å². The van der Waals surface area contributed by atoms with Crippen LogP contribution in [0.25, 0.3) is 43.1 Å². The van der Waals surface area contributed by atoms with Crippen molar-refractivity contribution >= 4 is 28.4 Å². The van der Waals surface area contributed by atoms with Crippen LogP contribution in [-0.2, 0) is 10.8 Å². The lowest BCUT2D eigenvalue weighted by Crippen LogP contribution is -2.30. The first-order valence-electron chi connectivity index (χ1n) is 19.9. The standard InChI is InChI=1S/C54H43NS/c1-32-28-39-40-29-33(2)35(4)31-45(40)54(44(39)30-34(32)3)41-22-12-10-20-37(41)52-50(54)49(36-18-8-7-9-19-36)51(56-52)38-21-11-15-25-46(38)55-47-26-16-13-23-42(47)53(5,6)43-24-14-17-27-48(43)55/h7-31H,1-6H3. The minimum Gasteiger partial charge on any atom is -0.309 e. The van der Waals surface area contributed by atoms with Gasteiger partial charge in [-0.3, -0.25) is 0 Å². The molecule has 270 valence electrons. The van der Waals surface area contributed by atoms with Gasteiger partial charge in [0.25, 0.3) is 0 Å². The predicted octanol–water partition coefficient (Wildman–Crippen LogP) is 14.8. The van der Waals surface area contributed by atoms with E-state index < -0.39 is 5.41 Å². The number of para-hydroxylation sites is 3. The molecular formula is C54H43NS. The number of nitrogens with zero attached hydrogens (tertiary/aromatic N) is 1. The maximum Gasteiger partial charge on any atom is 0.0740 e. The topological polar surface area (TPSA) is 3.24 Å². The summed E-state index contributed by atoms with van der Waals surface area (Å²) in [6, 6.07) is 57.6. The summed E-state index contributed by atoms with van der Waals surface area (Å²) < 4.78 is 0. The third-order valence-electron chi connectivity index (χ3n) is 13.3. The van der Waals surface area contributed by atoms with E-state index in [0.29, 0.717) is 0 Å². The molecule has 0 saturated carbocycles. The first-order chi connectivity index (χ1) is 27.2. The maximum absolute atomic E-state index is 2.53. The first kappa shape index (κ1) is 33.4. The Kier molecular flexibility index (Phi) is 7.02. The molecule has 0 radical (unpaired) electrons. The Balaban J connectivity index is 1.28. The van der Waals surface area contributed by atoms with E-state index >= 15 is 0 Å². The van der Waals surface area contributed by atoms with Crippen LogP contribution in [0.2, 0.25) is 0 Å². The second kappa shape index (κ2) is 11.8. The Labute approximate surface area is 334 Å². The third kappa shape index (κ3) is 4.26. The van der Waals surface area contributed by atoms with E-state index in [1.807, 2.05) is 11.3 Å². The molecule has 0 atom stereocenters. The Morgan fingerprint density at radius 2 is 0.875 bits per heavy atom. The predicted molar refractivity (Wildman–Crippen MR) is 237 cm³/mol. The zero-order valence-electron chi connectivity index (χ0n) is 32.8. The molecule has 1 spiro atoms. The number of hydrogen-bond acceptors (Lipinski definition) is 2. The molecule has 7 aromatic carbocycles. The van der Waals surface area contributed by atoms with Crippen molar-refractivity contribution in [2.24, 2.45) is 0 Å². The van der Waals surface area contributed by atoms with Crippen molar-refractivity contribution in [1.29, 1.82) is 0 Å². The number of thiophene rings is 1. The molecule has 0 saturated heterocycles. The Bertz CT molecular complexity index is 2830. The molecule has 3 aliphatic rings. The van der Waals surface area contributed by atoms with Gasteiger partial charge < -0.3 is 4.90 Å². The smallest absolute Gasteiger partial charge is 0.0740 e. The Hall–Kier alpha value is -5.96. The Morgan fingerprint density at radius 3 is 1.46 bits per heavy atom. The highest BCUT2D eigenvalue weighted by Crippen LogP contribution is 2.69. The zero-order valence-corrected chi connectivity index (χ0v) is 33.6. The summed E-state index contributed by atoms with van der Waals surface area (Å²) in [6.07, 6.45) is 0. The average Bonchev–Trinajstić information content (AvgIpc) is 3.82. The second-order valence-electron chi connectivity index (χ2n) is 16.6. The van der Waals surface area contributed by atoms with Gasteiger partial charge in [0, 0.05) is 26.3 Å². The van der Waals surface area contributed by atoms with Crippen LogP contribution in [0.1, 0.15) is 69.5 Å². The van der Waals surface area contributed by atoms with Crippen LogP contribution in [0.5, 0.6) is 0 Å². The summed E-state index contributed by atoms with van der Waals surface area (Å²) in [5.41, 5.74) is 24.7.